The van der Waals surface area contributed by atoms with E-state index in [1.54, 1.807) is 42.7 Å². The van der Waals surface area contributed by atoms with Gasteiger partial charge in [-0.05, 0) is 55.0 Å². The number of nitrogens with zero attached hydrogens (tertiary/aromatic N) is 2. The lowest BCUT2D eigenvalue weighted by Gasteiger charge is -2.14. The summed E-state index contributed by atoms with van der Waals surface area (Å²) in [6, 6.07) is 10.5. The minimum absolute atomic E-state index is 0.0143. The molecule has 1 amide bonds. The van der Waals surface area contributed by atoms with E-state index in [9.17, 15) is 9.59 Å². The number of aromatic nitrogens is 1. The van der Waals surface area contributed by atoms with Gasteiger partial charge in [0.1, 0.15) is 0 Å². The number of pyridine rings is 1. The molecule has 0 bridgehead atoms. The van der Waals surface area contributed by atoms with Crippen molar-refractivity contribution in [2.45, 2.75) is 6.92 Å². The van der Waals surface area contributed by atoms with Crippen LogP contribution in [0.15, 0.2) is 53.7 Å². The highest BCUT2D eigenvalue weighted by Gasteiger charge is 2.33. The van der Waals surface area contributed by atoms with Crippen molar-refractivity contribution in [1.82, 2.24) is 4.98 Å². The minimum atomic E-state index is -0.160. The van der Waals surface area contributed by atoms with E-state index >= 15 is 0 Å². The van der Waals surface area contributed by atoms with Crippen molar-refractivity contribution >= 4 is 51.8 Å². The van der Waals surface area contributed by atoms with Gasteiger partial charge >= 0.3 is 0 Å². The molecule has 2 aromatic rings. The highest BCUT2D eigenvalue weighted by molar-refractivity contribution is 8.27. The summed E-state index contributed by atoms with van der Waals surface area (Å²) in [6.45, 7) is 1.51. The molecular weight excluding hydrogens is 328 g/mol. The lowest BCUT2D eigenvalue weighted by Crippen LogP contribution is -2.27. The molecule has 0 aliphatic carbocycles. The van der Waals surface area contributed by atoms with E-state index in [-0.39, 0.29) is 11.7 Å². The predicted molar refractivity (Wildman–Crippen MR) is 96.3 cm³/mol. The first-order valence-corrected chi connectivity index (χ1v) is 8.08. The van der Waals surface area contributed by atoms with Gasteiger partial charge in [0.2, 0.25) is 0 Å². The van der Waals surface area contributed by atoms with Gasteiger partial charge in [0.15, 0.2) is 10.1 Å². The molecule has 114 valence electrons. The summed E-state index contributed by atoms with van der Waals surface area (Å²) in [5.41, 5.74) is 2.16. The molecule has 0 saturated carbocycles. The van der Waals surface area contributed by atoms with E-state index in [4.69, 9.17) is 12.2 Å². The van der Waals surface area contributed by atoms with E-state index < -0.39 is 0 Å². The lowest BCUT2D eigenvalue weighted by molar-refractivity contribution is -0.113. The van der Waals surface area contributed by atoms with Crippen molar-refractivity contribution in [3.05, 3.63) is 64.8 Å². The number of carbonyl (C=O) groups is 2. The third-order valence-electron chi connectivity index (χ3n) is 3.33. The third-order valence-corrected chi connectivity index (χ3v) is 4.63. The number of hydrogen-bond donors (Lipinski definition) is 0. The second-order valence-corrected chi connectivity index (χ2v) is 6.58. The quantitative estimate of drug-likeness (QED) is 0.484. The zero-order chi connectivity index (χ0) is 16.4. The SMILES string of the molecule is CC(=O)c1ccc(N2C(=O)/C(=C/c3ccncc3)SC2=S)cc1. The number of benzene rings is 1. The highest BCUT2D eigenvalue weighted by atomic mass is 32.2. The summed E-state index contributed by atoms with van der Waals surface area (Å²) in [6.07, 6.45) is 5.14. The number of thioether (sulfide) groups is 1. The smallest absolute Gasteiger partial charge is 0.270 e. The van der Waals surface area contributed by atoms with Gasteiger partial charge in [0.05, 0.1) is 10.6 Å². The normalized spacial score (nSPS) is 16.2. The Morgan fingerprint density at radius 2 is 1.83 bits per heavy atom. The van der Waals surface area contributed by atoms with Crippen molar-refractivity contribution in [2.24, 2.45) is 0 Å². The van der Waals surface area contributed by atoms with E-state index in [2.05, 4.69) is 4.98 Å². The molecule has 0 unspecified atom stereocenters. The van der Waals surface area contributed by atoms with Crippen LogP contribution < -0.4 is 4.90 Å². The Hall–Kier alpha value is -2.31. The van der Waals surface area contributed by atoms with Crippen LogP contribution in [0.2, 0.25) is 0 Å². The number of hydrogen-bond acceptors (Lipinski definition) is 5. The molecule has 0 atom stereocenters. The van der Waals surface area contributed by atoms with Gasteiger partial charge in [-0.25, -0.2) is 0 Å². The Morgan fingerprint density at radius 1 is 1.17 bits per heavy atom. The Morgan fingerprint density at radius 3 is 2.43 bits per heavy atom. The van der Waals surface area contributed by atoms with Crippen LogP contribution in [0.4, 0.5) is 5.69 Å². The summed E-state index contributed by atoms with van der Waals surface area (Å²) in [7, 11) is 0. The molecular formula is C17H12N2O2S2. The van der Waals surface area contributed by atoms with E-state index in [1.165, 1.54) is 23.6 Å². The van der Waals surface area contributed by atoms with Crippen LogP contribution in [0.3, 0.4) is 0 Å². The molecule has 1 aliphatic rings. The zero-order valence-electron chi connectivity index (χ0n) is 12.2. The summed E-state index contributed by atoms with van der Waals surface area (Å²) in [4.78, 5) is 29.9. The maximum Gasteiger partial charge on any atom is 0.270 e. The van der Waals surface area contributed by atoms with Crippen LogP contribution >= 0.6 is 24.0 Å². The zero-order valence-corrected chi connectivity index (χ0v) is 13.9. The molecule has 2 heterocycles. The Balaban J connectivity index is 1.90. The first kappa shape index (κ1) is 15.6. The standard InChI is InChI=1S/C17H12N2O2S2/c1-11(20)13-2-4-14(5-3-13)19-16(21)15(23-17(19)22)10-12-6-8-18-9-7-12/h2-10H,1H3/b15-10-. The monoisotopic (exact) mass is 340 g/mol. The number of Topliss-reactive ketones (excluding diaryl/α,β-unsaturated/α-hetero) is 1. The van der Waals surface area contributed by atoms with Crippen molar-refractivity contribution in [3.63, 3.8) is 0 Å². The minimum Gasteiger partial charge on any atom is -0.295 e. The molecule has 0 radical (unpaired) electrons. The average molecular weight is 340 g/mol. The molecule has 0 N–H and O–H groups in total. The second kappa shape index (κ2) is 6.44. The van der Waals surface area contributed by atoms with Gasteiger partial charge in [0.25, 0.3) is 5.91 Å². The van der Waals surface area contributed by atoms with Gasteiger partial charge in [0, 0.05) is 18.0 Å². The fourth-order valence-electron chi connectivity index (χ4n) is 2.15. The molecule has 1 fully saturated rings. The average Bonchev–Trinajstić information content (AvgIpc) is 2.82. The van der Waals surface area contributed by atoms with Crippen molar-refractivity contribution in [1.29, 1.82) is 0 Å². The summed E-state index contributed by atoms with van der Waals surface area (Å²) in [5, 5.41) is 0. The van der Waals surface area contributed by atoms with Crippen molar-refractivity contribution < 1.29 is 9.59 Å². The first-order valence-electron chi connectivity index (χ1n) is 6.85. The Kier molecular flexibility index (Phi) is 4.36. The van der Waals surface area contributed by atoms with Crippen LogP contribution in [0.1, 0.15) is 22.8 Å². The van der Waals surface area contributed by atoms with E-state index in [1.807, 2.05) is 12.1 Å². The molecule has 6 heteroatoms. The topological polar surface area (TPSA) is 50.3 Å². The van der Waals surface area contributed by atoms with Crippen LogP contribution in [-0.2, 0) is 4.79 Å². The first-order chi connectivity index (χ1) is 11.1. The number of anilines is 1. The summed E-state index contributed by atoms with van der Waals surface area (Å²) < 4.78 is 0.478. The van der Waals surface area contributed by atoms with Crippen LogP contribution in [-0.4, -0.2) is 21.0 Å². The molecule has 1 aliphatic heterocycles. The molecule has 3 rings (SSSR count). The third kappa shape index (κ3) is 3.23. The molecule has 1 aromatic carbocycles. The largest absolute Gasteiger partial charge is 0.295 e. The van der Waals surface area contributed by atoms with Crippen molar-refractivity contribution in [2.75, 3.05) is 4.90 Å². The van der Waals surface area contributed by atoms with Gasteiger partial charge in [-0.15, -0.1) is 0 Å². The molecule has 23 heavy (non-hydrogen) atoms. The number of amides is 1. The molecule has 1 saturated heterocycles. The second-order valence-electron chi connectivity index (χ2n) is 4.90. The van der Waals surface area contributed by atoms with E-state index in [0.717, 1.165) is 5.56 Å². The maximum absolute atomic E-state index is 12.6. The summed E-state index contributed by atoms with van der Waals surface area (Å²) >= 11 is 6.59. The fraction of sp³-hybridized carbons (Fsp3) is 0.0588. The molecule has 1 aromatic heterocycles. The molecule has 0 spiro atoms. The number of ketones is 1. The number of thiocarbonyl (C=S) groups is 1. The Labute approximate surface area is 143 Å². The van der Waals surface area contributed by atoms with Crippen molar-refractivity contribution in [3.8, 4) is 0 Å². The maximum atomic E-state index is 12.6. The van der Waals surface area contributed by atoms with Crippen LogP contribution in [0.25, 0.3) is 6.08 Å². The number of carbonyl (C=O) groups excluding carboxylic acids is 2. The summed E-state index contributed by atoms with van der Waals surface area (Å²) in [5.74, 6) is -0.174. The van der Waals surface area contributed by atoms with Gasteiger partial charge in [-0.3, -0.25) is 19.5 Å². The van der Waals surface area contributed by atoms with Gasteiger partial charge in [-0.1, -0.05) is 24.0 Å². The highest BCUT2D eigenvalue weighted by Crippen LogP contribution is 2.35. The lowest BCUT2D eigenvalue weighted by atomic mass is 10.1. The molecule has 4 nitrogen and oxygen atoms in total. The van der Waals surface area contributed by atoms with Gasteiger partial charge in [-0.2, -0.15) is 0 Å². The van der Waals surface area contributed by atoms with Gasteiger partial charge < -0.3 is 0 Å². The fourth-order valence-corrected chi connectivity index (χ4v) is 3.45. The number of rotatable bonds is 3. The van der Waals surface area contributed by atoms with E-state index in [0.29, 0.717) is 20.5 Å². The predicted octanol–water partition coefficient (Wildman–Crippen LogP) is 3.69. The Bertz CT molecular complexity index is 814. The van der Waals surface area contributed by atoms with Crippen LogP contribution in [0, 0.1) is 0 Å². The van der Waals surface area contributed by atoms with Crippen LogP contribution in [0.5, 0.6) is 0 Å².